The second kappa shape index (κ2) is 14.8. The van der Waals surface area contributed by atoms with Crippen LogP contribution in [-0.2, 0) is 0 Å². The van der Waals surface area contributed by atoms with Crippen LogP contribution >= 0.6 is 0 Å². The summed E-state index contributed by atoms with van der Waals surface area (Å²) in [5, 5.41) is 0. The van der Waals surface area contributed by atoms with Gasteiger partial charge in [-0.25, -0.2) is 4.98 Å². The summed E-state index contributed by atoms with van der Waals surface area (Å²) in [4.78, 5) is 14.8. The van der Waals surface area contributed by atoms with Crippen LogP contribution in [0.5, 0.6) is 0 Å². The maximum Gasteiger partial charge on any atom is 0.0900 e. The summed E-state index contributed by atoms with van der Waals surface area (Å²) in [6, 6.07) is 70.5. The van der Waals surface area contributed by atoms with Gasteiger partial charge in [0.25, 0.3) is 0 Å². The molecule has 0 fully saturated rings. The fourth-order valence-electron chi connectivity index (χ4n) is 7.47. The van der Waals surface area contributed by atoms with Crippen LogP contribution in [0.3, 0.4) is 0 Å². The van der Waals surface area contributed by atoms with Crippen LogP contribution in [0.2, 0.25) is 0 Å². The Bertz CT molecular complexity index is 2490. The molecule has 0 atom stereocenters. The predicted octanol–water partition coefficient (Wildman–Crippen LogP) is 13.2. The van der Waals surface area contributed by atoms with Gasteiger partial charge >= 0.3 is 0 Å². The van der Waals surface area contributed by atoms with E-state index in [0.29, 0.717) is 0 Å². The quantitative estimate of drug-likeness (QED) is 0.159. The van der Waals surface area contributed by atoms with Crippen molar-refractivity contribution in [1.82, 2.24) is 15.0 Å². The van der Waals surface area contributed by atoms with Gasteiger partial charge in [-0.15, -0.1) is 0 Å². The maximum absolute atomic E-state index is 5.21. The van der Waals surface area contributed by atoms with Gasteiger partial charge < -0.3 is 0 Å². The van der Waals surface area contributed by atoms with Crippen LogP contribution in [0, 0.1) is 0 Å². The molecule has 0 spiro atoms. The molecule has 0 aliphatic carbocycles. The summed E-state index contributed by atoms with van der Waals surface area (Å²) in [6.45, 7) is 0. The second-order valence-electron chi connectivity index (χ2n) is 13.1. The van der Waals surface area contributed by atoms with E-state index in [1.54, 1.807) is 0 Å². The number of hydrogen-bond donors (Lipinski definition) is 0. The highest BCUT2D eigenvalue weighted by Gasteiger charge is 2.29. The molecule has 0 amide bonds. The van der Waals surface area contributed by atoms with Gasteiger partial charge in [0.05, 0.1) is 22.8 Å². The minimum Gasteiger partial charge on any atom is -0.255 e. The van der Waals surface area contributed by atoms with Crippen molar-refractivity contribution in [1.29, 1.82) is 0 Å². The fraction of sp³-hybridized carbons (Fsp3) is 0. The average molecular weight is 690 g/mol. The monoisotopic (exact) mass is 689 g/mol. The van der Waals surface area contributed by atoms with E-state index in [-0.39, 0.29) is 0 Å². The van der Waals surface area contributed by atoms with Gasteiger partial charge in [0.2, 0.25) is 0 Å². The van der Waals surface area contributed by atoms with E-state index < -0.39 is 0 Å². The average Bonchev–Trinajstić information content (AvgIpc) is 3.27. The molecule has 0 radical (unpaired) electrons. The number of aromatic nitrogens is 3. The number of pyridine rings is 3. The van der Waals surface area contributed by atoms with Crippen molar-refractivity contribution in [2.24, 2.45) is 0 Å². The minimum absolute atomic E-state index is 0.779. The van der Waals surface area contributed by atoms with E-state index in [0.717, 1.165) is 84.0 Å². The Hall–Kier alpha value is -7.23. The van der Waals surface area contributed by atoms with Crippen LogP contribution in [0.25, 0.3) is 89.5 Å². The molecule has 6 aromatic carbocycles. The maximum atomic E-state index is 5.21. The Morgan fingerprint density at radius 1 is 0.222 bits per heavy atom. The molecule has 3 nitrogen and oxygen atoms in total. The fourth-order valence-corrected chi connectivity index (χ4v) is 7.47. The molecule has 0 N–H and O–H groups in total. The van der Waals surface area contributed by atoms with Gasteiger partial charge in [0, 0.05) is 12.4 Å². The van der Waals surface area contributed by atoms with Crippen molar-refractivity contribution < 1.29 is 0 Å². The van der Waals surface area contributed by atoms with E-state index in [2.05, 4.69) is 164 Å². The van der Waals surface area contributed by atoms with Gasteiger partial charge in [0.15, 0.2) is 0 Å². The molecule has 0 bridgehead atoms. The molecule has 254 valence electrons. The Balaban J connectivity index is 1.56. The molecule has 9 aromatic rings. The molecule has 0 unspecified atom stereocenters. The Morgan fingerprint density at radius 3 is 0.741 bits per heavy atom. The molecule has 9 rings (SSSR count). The van der Waals surface area contributed by atoms with Crippen LogP contribution in [-0.4, -0.2) is 15.0 Å². The molecule has 3 heterocycles. The lowest BCUT2D eigenvalue weighted by Crippen LogP contribution is -2.03. The first-order chi connectivity index (χ1) is 26.8. The van der Waals surface area contributed by atoms with Crippen molar-refractivity contribution in [3.63, 3.8) is 0 Å². The van der Waals surface area contributed by atoms with E-state index in [4.69, 9.17) is 15.0 Å². The van der Waals surface area contributed by atoms with Gasteiger partial charge in [-0.2, -0.15) is 0 Å². The molecular formula is C51H35N3. The van der Waals surface area contributed by atoms with Gasteiger partial charge in [-0.05, 0) is 103 Å². The number of rotatable bonds is 8. The van der Waals surface area contributed by atoms with E-state index in [1.165, 1.54) is 5.56 Å². The highest BCUT2D eigenvalue weighted by atomic mass is 14.8. The van der Waals surface area contributed by atoms with Gasteiger partial charge in [0.1, 0.15) is 0 Å². The standard InChI is InChI=1S/C51H35N3/c1-6-20-36(21-7-1)46-47(37-22-8-2-9-23-37)49(39-26-12-4-13-27-39)51(50(40-28-14-5-15-29-40)48(46)38-24-10-3-11-25-38)41-34-44(42-30-16-18-32-52-42)54-45(35-41)43-31-17-19-33-53-43/h1-35H. The second-order valence-corrected chi connectivity index (χ2v) is 13.1. The Kier molecular flexibility index (Phi) is 8.94. The molecule has 0 saturated heterocycles. The molecule has 0 aliphatic heterocycles. The molecule has 54 heavy (non-hydrogen) atoms. The van der Waals surface area contributed by atoms with Crippen molar-refractivity contribution >= 4 is 0 Å². The van der Waals surface area contributed by atoms with Crippen LogP contribution in [0.4, 0.5) is 0 Å². The third kappa shape index (κ3) is 6.29. The summed E-state index contributed by atoms with van der Waals surface area (Å²) in [6.07, 6.45) is 3.65. The third-order valence-electron chi connectivity index (χ3n) is 9.78. The zero-order valence-corrected chi connectivity index (χ0v) is 29.5. The van der Waals surface area contributed by atoms with E-state index in [9.17, 15) is 0 Å². The molecule has 0 aliphatic rings. The smallest absolute Gasteiger partial charge is 0.0900 e. The molecular weight excluding hydrogens is 655 g/mol. The summed E-state index contributed by atoms with van der Waals surface area (Å²) in [7, 11) is 0. The zero-order valence-electron chi connectivity index (χ0n) is 29.5. The lowest BCUT2D eigenvalue weighted by Gasteiger charge is -2.29. The minimum atomic E-state index is 0.779. The summed E-state index contributed by atoms with van der Waals surface area (Å²) < 4.78 is 0. The normalized spacial score (nSPS) is 11.0. The first-order valence-corrected chi connectivity index (χ1v) is 18.2. The summed E-state index contributed by atoms with van der Waals surface area (Å²) >= 11 is 0. The van der Waals surface area contributed by atoms with E-state index in [1.807, 2.05) is 48.8 Å². The summed E-state index contributed by atoms with van der Waals surface area (Å²) in [5.41, 5.74) is 16.7. The lowest BCUT2D eigenvalue weighted by atomic mass is 9.74. The van der Waals surface area contributed by atoms with Crippen molar-refractivity contribution in [2.75, 3.05) is 0 Å². The number of hydrogen-bond acceptors (Lipinski definition) is 3. The Labute approximate surface area is 316 Å². The van der Waals surface area contributed by atoms with Gasteiger partial charge in [-0.1, -0.05) is 164 Å². The van der Waals surface area contributed by atoms with E-state index >= 15 is 0 Å². The first-order valence-electron chi connectivity index (χ1n) is 18.2. The predicted molar refractivity (Wildman–Crippen MR) is 223 cm³/mol. The summed E-state index contributed by atoms with van der Waals surface area (Å²) in [5.74, 6) is 0. The SMILES string of the molecule is c1ccc(-c2c(-c3ccccc3)c(-c3ccccc3)c(-c3cc(-c4ccccn4)nc(-c4ccccn4)c3)c(-c3ccccc3)c2-c2ccccc2)cc1. The van der Waals surface area contributed by atoms with Crippen LogP contribution < -0.4 is 0 Å². The first kappa shape index (κ1) is 32.7. The topological polar surface area (TPSA) is 38.7 Å². The van der Waals surface area contributed by atoms with Gasteiger partial charge in [-0.3, -0.25) is 9.97 Å². The van der Waals surface area contributed by atoms with Crippen LogP contribution in [0.15, 0.2) is 213 Å². The van der Waals surface area contributed by atoms with Crippen molar-refractivity contribution in [3.05, 3.63) is 213 Å². The molecule has 0 saturated carbocycles. The van der Waals surface area contributed by atoms with Crippen molar-refractivity contribution in [2.45, 2.75) is 0 Å². The highest BCUT2D eigenvalue weighted by Crippen LogP contribution is 2.56. The highest BCUT2D eigenvalue weighted by molar-refractivity contribution is 6.15. The number of benzene rings is 6. The van der Waals surface area contributed by atoms with Crippen molar-refractivity contribution in [3.8, 4) is 89.5 Å². The molecule has 3 heteroatoms. The third-order valence-corrected chi connectivity index (χ3v) is 9.78. The Morgan fingerprint density at radius 2 is 0.481 bits per heavy atom. The molecule has 3 aromatic heterocycles. The zero-order chi connectivity index (χ0) is 36.1. The largest absolute Gasteiger partial charge is 0.255 e. The van der Waals surface area contributed by atoms with Crippen LogP contribution in [0.1, 0.15) is 0 Å². The lowest BCUT2D eigenvalue weighted by molar-refractivity contribution is 1.22. The number of nitrogens with zero attached hydrogens (tertiary/aromatic N) is 3.